The molecular formula is C20H26N4O2S. The summed E-state index contributed by atoms with van der Waals surface area (Å²) in [5, 5.41) is 5.26. The van der Waals surface area contributed by atoms with E-state index < -0.39 is 0 Å². The highest BCUT2D eigenvalue weighted by Gasteiger charge is 2.19. The SMILES string of the molecule is CCCCCCn1c(SC(C)c2nc(CC)no2)nc2ccccc2c1=O. The molecule has 144 valence electrons. The molecule has 0 bridgehead atoms. The normalized spacial score (nSPS) is 12.6. The summed E-state index contributed by atoms with van der Waals surface area (Å²) in [4.78, 5) is 22.2. The molecule has 0 radical (unpaired) electrons. The summed E-state index contributed by atoms with van der Waals surface area (Å²) < 4.78 is 7.16. The minimum Gasteiger partial charge on any atom is -0.338 e. The van der Waals surface area contributed by atoms with Crippen molar-refractivity contribution in [1.82, 2.24) is 19.7 Å². The van der Waals surface area contributed by atoms with Gasteiger partial charge in [-0.1, -0.05) is 62.2 Å². The van der Waals surface area contributed by atoms with Crippen LogP contribution in [0.3, 0.4) is 0 Å². The maximum absolute atomic E-state index is 13.0. The highest BCUT2D eigenvalue weighted by molar-refractivity contribution is 7.99. The van der Waals surface area contributed by atoms with Gasteiger partial charge in [0.05, 0.1) is 16.2 Å². The Morgan fingerprint density at radius 2 is 1.96 bits per heavy atom. The second-order valence-electron chi connectivity index (χ2n) is 6.59. The van der Waals surface area contributed by atoms with Gasteiger partial charge in [-0.05, 0) is 25.5 Å². The van der Waals surface area contributed by atoms with Gasteiger partial charge in [-0.3, -0.25) is 9.36 Å². The molecule has 2 aromatic heterocycles. The van der Waals surface area contributed by atoms with Gasteiger partial charge >= 0.3 is 0 Å². The van der Waals surface area contributed by atoms with Gasteiger partial charge in [0.1, 0.15) is 0 Å². The molecule has 27 heavy (non-hydrogen) atoms. The minimum atomic E-state index is -0.0762. The second-order valence-corrected chi connectivity index (χ2v) is 7.90. The number of hydrogen-bond acceptors (Lipinski definition) is 6. The third kappa shape index (κ3) is 4.58. The average Bonchev–Trinajstić information content (AvgIpc) is 3.16. The van der Waals surface area contributed by atoms with Crippen molar-refractivity contribution >= 4 is 22.7 Å². The van der Waals surface area contributed by atoms with Crippen molar-refractivity contribution in [3.8, 4) is 0 Å². The lowest BCUT2D eigenvalue weighted by Gasteiger charge is -2.14. The van der Waals surface area contributed by atoms with Crippen molar-refractivity contribution in [3.63, 3.8) is 0 Å². The molecule has 0 amide bonds. The molecule has 7 heteroatoms. The number of hydrogen-bond donors (Lipinski definition) is 0. The number of rotatable bonds is 9. The Kier molecular flexibility index (Phi) is 6.66. The molecular weight excluding hydrogens is 360 g/mol. The number of thioether (sulfide) groups is 1. The summed E-state index contributed by atoms with van der Waals surface area (Å²) in [6.07, 6.45) is 5.16. The Hall–Kier alpha value is -2.15. The van der Waals surface area contributed by atoms with E-state index in [0.717, 1.165) is 24.8 Å². The predicted molar refractivity (Wildman–Crippen MR) is 108 cm³/mol. The van der Waals surface area contributed by atoms with Crippen molar-refractivity contribution < 1.29 is 4.52 Å². The zero-order valence-corrected chi connectivity index (χ0v) is 17.0. The third-order valence-corrected chi connectivity index (χ3v) is 5.57. The largest absolute Gasteiger partial charge is 0.338 e. The first-order valence-electron chi connectivity index (χ1n) is 9.62. The number of para-hydroxylation sites is 1. The Morgan fingerprint density at radius 3 is 2.70 bits per heavy atom. The fourth-order valence-corrected chi connectivity index (χ4v) is 3.88. The van der Waals surface area contributed by atoms with Gasteiger partial charge in [-0.25, -0.2) is 4.98 Å². The number of aryl methyl sites for hydroxylation is 1. The highest BCUT2D eigenvalue weighted by atomic mass is 32.2. The van der Waals surface area contributed by atoms with E-state index in [9.17, 15) is 4.79 Å². The minimum absolute atomic E-state index is 0.0200. The summed E-state index contributed by atoms with van der Waals surface area (Å²) in [5.74, 6) is 1.26. The molecule has 2 heterocycles. The van der Waals surface area contributed by atoms with E-state index in [4.69, 9.17) is 9.51 Å². The first kappa shape index (κ1) is 19.6. The van der Waals surface area contributed by atoms with Crippen LogP contribution >= 0.6 is 11.8 Å². The molecule has 3 rings (SSSR count). The van der Waals surface area contributed by atoms with E-state index in [-0.39, 0.29) is 10.8 Å². The van der Waals surface area contributed by atoms with Gasteiger partial charge in [0, 0.05) is 13.0 Å². The van der Waals surface area contributed by atoms with Gasteiger partial charge in [0.2, 0.25) is 5.89 Å². The fraction of sp³-hybridized carbons (Fsp3) is 0.500. The molecule has 6 nitrogen and oxygen atoms in total. The van der Waals surface area contributed by atoms with Gasteiger partial charge in [-0.15, -0.1) is 0 Å². The van der Waals surface area contributed by atoms with Crippen molar-refractivity contribution in [2.45, 2.75) is 69.8 Å². The second kappa shape index (κ2) is 9.17. The zero-order chi connectivity index (χ0) is 19.2. The zero-order valence-electron chi connectivity index (χ0n) is 16.1. The van der Waals surface area contributed by atoms with Crippen molar-refractivity contribution in [2.75, 3.05) is 0 Å². The van der Waals surface area contributed by atoms with E-state index in [1.165, 1.54) is 24.6 Å². The van der Waals surface area contributed by atoms with Crippen LogP contribution in [0.5, 0.6) is 0 Å². The van der Waals surface area contributed by atoms with Crippen molar-refractivity contribution in [3.05, 3.63) is 46.3 Å². The molecule has 0 spiro atoms. The van der Waals surface area contributed by atoms with Crippen LogP contribution < -0.4 is 5.56 Å². The van der Waals surface area contributed by atoms with E-state index in [1.807, 2.05) is 38.1 Å². The molecule has 0 aliphatic heterocycles. The van der Waals surface area contributed by atoms with Gasteiger partial charge in [0.15, 0.2) is 11.0 Å². The fourth-order valence-electron chi connectivity index (χ4n) is 2.92. The molecule has 1 atom stereocenters. The summed E-state index contributed by atoms with van der Waals surface area (Å²) in [7, 11) is 0. The van der Waals surface area contributed by atoms with Crippen molar-refractivity contribution in [1.29, 1.82) is 0 Å². The molecule has 0 fully saturated rings. The molecule has 3 aromatic rings. The summed E-state index contributed by atoms with van der Waals surface area (Å²) >= 11 is 1.50. The summed E-state index contributed by atoms with van der Waals surface area (Å²) in [6, 6.07) is 7.52. The highest BCUT2D eigenvalue weighted by Crippen LogP contribution is 2.33. The molecule has 0 saturated carbocycles. The standard InChI is InChI=1S/C20H26N4O2S/c1-4-6-7-10-13-24-19(25)15-11-8-9-12-16(15)21-20(24)27-14(3)18-22-17(5-2)23-26-18/h8-9,11-12,14H,4-7,10,13H2,1-3H3. The van der Waals surface area contributed by atoms with E-state index in [1.54, 1.807) is 4.57 Å². The molecule has 0 N–H and O–H groups in total. The molecule has 1 unspecified atom stereocenters. The van der Waals surface area contributed by atoms with Crippen LogP contribution in [0.25, 0.3) is 10.9 Å². The lowest BCUT2D eigenvalue weighted by atomic mass is 10.2. The van der Waals surface area contributed by atoms with E-state index in [0.29, 0.717) is 28.8 Å². The Labute approximate surface area is 163 Å². The van der Waals surface area contributed by atoms with Crippen molar-refractivity contribution in [2.24, 2.45) is 0 Å². The smallest absolute Gasteiger partial charge is 0.262 e. The maximum Gasteiger partial charge on any atom is 0.262 e. The third-order valence-electron chi connectivity index (χ3n) is 4.49. The lowest BCUT2D eigenvalue weighted by molar-refractivity contribution is 0.375. The lowest BCUT2D eigenvalue weighted by Crippen LogP contribution is -2.23. The van der Waals surface area contributed by atoms with Crippen LogP contribution in [0, 0.1) is 0 Å². The first-order valence-corrected chi connectivity index (χ1v) is 10.5. The Bertz CT molecular complexity index is 951. The van der Waals surface area contributed by atoms with E-state index >= 15 is 0 Å². The van der Waals surface area contributed by atoms with Crippen LogP contribution in [0.4, 0.5) is 0 Å². The quantitative estimate of drug-likeness (QED) is 0.299. The van der Waals surface area contributed by atoms with Crippen LogP contribution in [0.1, 0.15) is 63.4 Å². The molecule has 1 aromatic carbocycles. The van der Waals surface area contributed by atoms with Crippen LogP contribution in [0.15, 0.2) is 38.7 Å². The molecule has 0 aliphatic rings. The van der Waals surface area contributed by atoms with Gasteiger partial charge in [0.25, 0.3) is 5.56 Å². The van der Waals surface area contributed by atoms with Crippen LogP contribution in [-0.4, -0.2) is 19.7 Å². The number of nitrogens with zero attached hydrogens (tertiary/aromatic N) is 4. The summed E-state index contributed by atoms with van der Waals surface area (Å²) in [5.41, 5.74) is 0.744. The Balaban J connectivity index is 1.92. The van der Waals surface area contributed by atoms with Crippen LogP contribution in [-0.2, 0) is 13.0 Å². The number of aromatic nitrogens is 4. The Morgan fingerprint density at radius 1 is 1.15 bits per heavy atom. The monoisotopic (exact) mass is 386 g/mol. The summed E-state index contributed by atoms with van der Waals surface area (Å²) in [6.45, 7) is 6.85. The predicted octanol–water partition coefficient (Wildman–Crippen LogP) is 4.78. The van der Waals surface area contributed by atoms with Crippen LogP contribution in [0.2, 0.25) is 0 Å². The number of unbranched alkanes of at least 4 members (excludes halogenated alkanes) is 3. The topological polar surface area (TPSA) is 73.8 Å². The average molecular weight is 387 g/mol. The molecule has 0 saturated heterocycles. The number of benzene rings is 1. The number of fused-ring (bicyclic) bond motifs is 1. The molecule has 0 aliphatic carbocycles. The van der Waals surface area contributed by atoms with E-state index in [2.05, 4.69) is 17.1 Å². The van der Waals surface area contributed by atoms with Gasteiger partial charge < -0.3 is 4.52 Å². The van der Waals surface area contributed by atoms with Gasteiger partial charge in [-0.2, -0.15) is 4.98 Å². The first-order chi connectivity index (χ1) is 13.1. The maximum atomic E-state index is 13.0.